The lowest BCUT2D eigenvalue weighted by atomic mass is 10.3. The van der Waals surface area contributed by atoms with Crippen LogP contribution in [0.15, 0.2) is 9.95 Å². The van der Waals surface area contributed by atoms with Crippen LogP contribution in [0.25, 0.3) is 0 Å². The molecule has 0 unspecified atom stereocenters. The van der Waals surface area contributed by atoms with Crippen LogP contribution in [0.2, 0.25) is 0 Å². The summed E-state index contributed by atoms with van der Waals surface area (Å²) in [6.45, 7) is 2.59. The second-order valence-electron chi connectivity index (χ2n) is 5.27. The molecule has 2 N–H and O–H groups in total. The number of aromatic amines is 1. The van der Waals surface area contributed by atoms with Crippen LogP contribution < -0.4 is 11.0 Å². The molecule has 2 heterocycles. The molecule has 10 heteroatoms. The third-order valence-electron chi connectivity index (χ3n) is 3.39. The van der Waals surface area contributed by atoms with Crippen LogP contribution in [-0.2, 0) is 21.2 Å². The fraction of sp³-hybridized carbons (Fsp3) is 0.750. The van der Waals surface area contributed by atoms with Gasteiger partial charge in [-0.3, -0.25) is 9.36 Å². The Bertz CT molecular complexity index is 680. The Morgan fingerprint density at radius 2 is 2.32 bits per heavy atom. The van der Waals surface area contributed by atoms with E-state index in [1.54, 1.807) is 0 Å². The highest BCUT2D eigenvalue weighted by Crippen LogP contribution is 2.15. The molecule has 0 spiro atoms. The van der Waals surface area contributed by atoms with Gasteiger partial charge in [-0.2, -0.15) is 0 Å². The summed E-state index contributed by atoms with van der Waals surface area (Å²) in [6.07, 6.45) is 2.28. The Morgan fingerprint density at radius 1 is 1.55 bits per heavy atom. The Balaban J connectivity index is 1.85. The molecule has 0 saturated carbocycles. The van der Waals surface area contributed by atoms with Crippen molar-refractivity contribution < 1.29 is 13.2 Å². The number of carbonyl (C=O) groups excluding carboxylic acids is 1. The first-order valence-electron chi connectivity index (χ1n) is 7.19. The van der Waals surface area contributed by atoms with Gasteiger partial charge in [0.2, 0.25) is 5.91 Å². The van der Waals surface area contributed by atoms with Crippen LogP contribution in [0.4, 0.5) is 0 Å². The van der Waals surface area contributed by atoms with E-state index >= 15 is 0 Å². The summed E-state index contributed by atoms with van der Waals surface area (Å²) in [4.78, 5) is 23.5. The van der Waals surface area contributed by atoms with Crippen molar-refractivity contribution in [2.75, 3.05) is 17.3 Å². The van der Waals surface area contributed by atoms with E-state index in [4.69, 9.17) is 0 Å². The van der Waals surface area contributed by atoms with Crippen molar-refractivity contribution in [3.8, 4) is 0 Å². The molecule has 1 aromatic rings. The lowest BCUT2D eigenvalue weighted by molar-refractivity contribution is -0.119. The number of hydrogen-bond donors (Lipinski definition) is 2. The molecule has 1 amide bonds. The van der Waals surface area contributed by atoms with Crippen LogP contribution in [-0.4, -0.2) is 52.4 Å². The van der Waals surface area contributed by atoms with Crippen LogP contribution >= 0.6 is 11.8 Å². The van der Waals surface area contributed by atoms with E-state index in [1.165, 1.54) is 16.3 Å². The minimum absolute atomic E-state index is 0.00696. The standard InChI is InChI=1S/C12H20N4O4S2/c1-2-3-5-16-11(18)14-15-12(16)21-7-10(17)13-9-4-6-22(19,20)8-9/h9H,2-8H2,1H3,(H,13,17)(H,14,18)/t9-/m1/s1. The zero-order valence-electron chi connectivity index (χ0n) is 12.4. The summed E-state index contributed by atoms with van der Waals surface area (Å²) >= 11 is 1.17. The molecule has 1 saturated heterocycles. The van der Waals surface area contributed by atoms with Gasteiger partial charge in [0, 0.05) is 12.6 Å². The third-order valence-corrected chi connectivity index (χ3v) is 6.13. The Hall–Kier alpha value is -1.29. The molecule has 1 aromatic heterocycles. The highest BCUT2D eigenvalue weighted by Gasteiger charge is 2.28. The number of unbranched alkanes of at least 4 members (excludes halogenated alkanes) is 1. The molecule has 0 radical (unpaired) electrons. The third kappa shape index (κ3) is 4.60. The fourth-order valence-corrected chi connectivity index (χ4v) is 4.69. The highest BCUT2D eigenvalue weighted by atomic mass is 32.2. The number of aromatic nitrogens is 3. The zero-order chi connectivity index (χ0) is 16.2. The Kier molecular flexibility index (Phi) is 5.68. The van der Waals surface area contributed by atoms with Gasteiger partial charge in [0.1, 0.15) is 0 Å². The predicted octanol–water partition coefficient (Wildman–Crippen LogP) is -0.233. The Morgan fingerprint density at radius 3 is 2.95 bits per heavy atom. The summed E-state index contributed by atoms with van der Waals surface area (Å²) < 4.78 is 24.2. The summed E-state index contributed by atoms with van der Waals surface area (Å²) in [5.74, 6) is -0.00865. The number of H-pyrrole nitrogens is 1. The van der Waals surface area contributed by atoms with Crippen molar-refractivity contribution in [3.05, 3.63) is 10.5 Å². The molecule has 1 fully saturated rings. The zero-order valence-corrected chi connectivity index (χ0v) is 14.0. The lowest BCUT2D eigenvalue weighted by Gasteiger charge is -2.10. The summed E-state index contributed by atoms with van der Waals surface area (Å²) in [6, 6.07) is -0.306. The van der Waals surface area contributed by atoms with E-state index < -0.39 is 9.84 Å². The predicted molar refractivity (Wildman–Crippen MR) is 83.7 cm³/mol. The quantitative estimate of drug-likeness (QED) is 0.658. The molecular weight excluding hydrogens is 328 g/mol. The second kappa shape index (κ2) is 7.32. The molecule has 1 aliphatic rings. The number of carbonyl (C=O) groups is 1. The first-order valence-corrected chi connectivity index (χ1v) is 10.00. The van der Waals surface area contributed by atoms with Crippen LogP contribution in [0.1, 0.15) is 26.2 Å². The molecule has 124 valence electrons. The molecule has 22 heavy (non-hydrogen) atoms. The minimum atomic E-state index is -3.01. The van der Waals surface area contributed by atoms with E-state index in [0.717, 1.165) is 12.8 Å². The van der Waals surface area contributed by atoms with Crippen LogP contribution in [0.3, 0.4) is 0 Å². The second-order valence-corrected chi connectivity index (χ2v) is 8.44. The number of amides is 1. The maximum atomic E-state index is 11.9. The van der Waals surface area contributed by atoms with Crippen molar-refractivity contribution >= 4 is 27.5 Å². The van der Waals surface area contributed by atoms with E-state index in [-0.39, 0.29) is 34.9 Å². The number of rotatable bonds is 7. The van der Waals surface area contributed by atoms with Gasteiger partial charge in [0.15, 0.2) is 15.0 Å². The highest BCUT2D eigenvalue weighted by molar-refractivity contribution is 7.99. The van der Waals surface area contributed by atoms with Crippen molar-refractivity contribution in [3.63, 3.8) is 0 Å². The molecule has 0 aromatic carbocycles. The first-order chi connectivity index (χ1) is 10.4. The van der Waals surface area contributed by atoms with E-state index in [9.17, 15) is 18.0 Å². The minimum Gasteiger partial charge on any atom is -0.352 e. The number of sulfone groups is 1. The fourth-order valence-electron chi connectivity index (χ4n) is 2.24. The van der Waals surface area contributed by atoms with Gasteiger partial charge in [-0.15, -0.1) is 5.10 Å². The van der Waals surface area contributed by atoms with Gasteiger partial charge >= 0.3 is 5.69 Å². The number of nitrogens with one attached hydrogen (secondary N) is 2. The molecular formula is C12H20N4O4S2. The van der Waals surface area contributed by atoms with Crippen LogP contribution in [0.5, 0.6) is 0 Å². The first kappa shape index (κ1) is 17.1. The Labute approximate surface area is 133 Å². The molecule has 1 atom stereocenters. The van der Waals surface area contributed by atoms with E-state index in [2.05, 4.69) is 15.5 Å². The summed E-state index contributed by atoms with van der Waals surface area (Å²) in [5.41, 5.74) is -0.279. The average molecular weight is 348 g/mol. The number of thioether (sulfide) groups is 1. The van der Waals surface area contributed by atoms with Gasteiger partial charge in [0.05, 0.1) is 17.3 Å². The van der Waals surface area contributed by atoms with Crippen molar-refractivity contribution in [1.29, 1.82) is 0 Å². The summed E-state index contributed by atoms with van der Waals surface area (Å²) in [5, 5.41) is 9.48. The van der Waals surface area contributed by atoms with Gasteiger partial charge < -0.3 is 5.32 Å². The number of nitrogens with zero attached hydrogens (tertiary/aromatic N) is 2. The number of hydrogen-bond acceptors (Lipinski definition) is 6. The monoisotopic (exact) mass is 348 g/mol. The van der Waals surface area contributed by atoms with Gasteiger partial charge in [-0.25, -0.2) is 18.3 Å². The average Bonchev–Trinajstić information content (AvgIpc) is 2.97. The normalized spacial score (nSPS) is 20.1. The van der Waals surface area contributed by atoms with Crippen molar-refractivity contribution in [2.24, 2.45) is 0 Å². The van der Waals surface area contributed by atoms with E-state index in [0.29, 0.717) is 18.1 Å². The topological polar surface area (TPSA) is 114 Å². The van der Waals surface area contributed by atoms with Crippen molar-refractivity contribution in [2.45, 2.75) is 43.9 Å². The van der Waals surface area contributed by atoms with Crippen molar-refractivity contribution in [1.82, 2.24) is 20.1 Å². The molecule has 0 bridgehead atoms. The SMILES string of the molecule is CCCCn1c(SCC(=O)N[C@@H]2CCS(=O)(=O)C2)n[nH]c1=O. The maximum absolute atomic E-state index is 11.9. The van der Waals surface area contributed by atoms with Gasteiger partial charge in [-0.1, -0.05) is 25.1 Å². The molecule has 0 aliphatic carbocycles. The lowest BCUT2D eigenvalue weighted by Crippen LogP contribution is -2.36. The maximum Gasteiger partial charge on any atom is 0.343 e. The summed E-state index contributed by atoms with van der Waals surface area (Å²) in [7, 11) is -3.01. The molecule has 2 rings (SSSR count). The molecule has 1 aliphatic heterocycles. The van der Waals surface area contributed by atoms with E-state index in [1.807, 2.05) is 6.92 Å². The largest absolute Gasteiger partial charge is 0.352 e. The van der Waals surface area contributed by atoms with Gasteiger partial charge in [-0.05, 0) is 12.8 Å². The van der Waals surface area contributed by atoms with Crippen LogP contribution in [0, 0.1) is 0 Å². The van der Waals surface area contributed by atoms with Gasteiger partial charge in [0.25, 0.3) is 0 Å². The smallest absolute Gasteiger partial charge is 0.343 e. The molecule has 8 nitrogen and oxygen atoms in total.